The van der Waals surface area contributed by atoms with E-state index in [9.17, 15) is 13.6 Å². The largest absolute Gasteiger partial charge is 0.300 e. The number of rotatable bonds is 2. The second kappa shape index (κ2) is 3.73. The highest BCUT2D eigenvalue weighted by atomic mass is 19.3. The number of alkyl halides is 2. The molecular weight excluding hydrogens is 200 g/mol. The molecule has 0 aliphatic heterocycles. The van der Waals surface area contributed by atoms with Gasteiger partial charge in [-0.25, -0.2) is 8.78 Å². The minimum atomic E-state index is -2.99. The molecule has 0 atom stereocenters. The van der Waals surface area contributed by atoms with Crippen LogP contribution in [0.15, 0.2) is 36.7 Å². The van der Waals surface area contributed by atoms with Gasteiger partial charge >= 0.3 is 6.43 Å². The first-order chi connectivity index (χ1) is 7.20. The summed E-state index contributed by atoms with van der Waals surface area (Å²) in [5, 5.41) is 1.20. The van der Waals surface area contributed by atoms with Crippen molar-refractivity contribution in [2.24, 2.45) is 0 Å². The Morgan fingerprint density at radius 2 is 1.93 bits per heavy atom. The lowest BCUT2D eigenvalue weighted by Gasteiger charge is -2.03. The Kier molecular flexibility index (Phi) is 2.41. The van der Waals surface area contributed by atoms with E-state index in [0.717, 1.165) is 0 Å². The van der Waals surface area contributed by atoms with Gasteiger partial charge in [0.1, 0.15) is 0 Å². The van der Waals surface area contributed by atoms with Crippen molar-refractivity contribution in [2.75, 3.05) is 0 Å². The molecule has 76 valence electrons. The van der Waals surface area contributed by atoms with Crippen molar-refractivity contribution >= 4 is 16.6 Å². The third-order valence-electron chi connectivity index (χ3n) is 2.13. The summed E-state index contributed by atoms with van der Waals surface area (Å²) in [5.41, 5.74) is -0.0249. The summed E-state index contributed by atoms with van der Waals surface area (Å²) < 4.78 is 24.5. The van der Waals surface area contributed by atoms with Gasteiger partial charge in [-0.3, -0.25) is 9.78 Å². The van der Waals surface area contributed by atoms with Crippen LogP contribution in [0, 0.1) is 0 Å². The average molecular weight is 207 g/mol. The highest BCUT2D eigenvalue weighted by Crippen LogP contribution is 2.19. The number of halogens is 2. The Balaban J connectivity index is 2.66. The molecule has 0 aliphatic rings. The number of carbonyl (C=O) groups is 1. The zero-order valence-electron chi connectivity index (χ0n) is 7.65. The monoisotopic (exact) mass is 207 g/mol. The van der Waals surface area contributed by atoms with Crippen LogP contribution in [0.1, 0.15) is 10.4 Å². The van der Waals surface area contributed by atoms with E-state index in [2.05, 4.69) is 4.98 Å². The van der Waals surface area contributed by atoms with E-state index in [4.69, 9.17) is 0 Å². The number of aromatic nitrogens is 1. The summed E-state index contributed by atoms with van der Waals surface area (Å²) >= 11 is 0. The molecule has 0 bridgehead atoms. The molecule has 0 saturated carbocycles. The van der Waals surface area contributed by atoms with Gasteiger partial charge in [0, 0.05) is 23.3 Å². The fourth-order valence-corrected chi connectivity index (χ4v) is 1.43. The second-order valence-corrected chi connectivity index (χ2v) is 3.07. The quantitative estimate of drug-likeness (QED) is 0.708. The zero-order chi connectivity index (χ0) is 10.8. The number of nitrogens with zero attached hydrogens (tertiary/aromatic N) is 1. The molecule has 15 heavy (non-hydrogen) atoms. The molecule has 0 spiro atoms. The van der Waals surface area contributed by atoms with Gasteiger partial charge in [-0.15, -0.1) is 0 Å². The summed E-state index contributed by atoms with van der Waals surface area (Å²) in [6.45, 7) is 0. The second-order valence-electron chi connectivity index (χ2n) is 3.07. The van der Waals surface area contributed by atoms with Crippen molar-refractivity contribution < 1.29 is 13.6 Å². The lowest BCUT2D eigenvalue weighted by atomic mass is 10.1. The molecule has 0 aliphatic carbocycles. The van der Waals surface area contributed by atoms with Crippen LogP contribution in [-0.4, -0.2) is 17.2 Å². The van der Waals surface area contributed by atoms with Crippen LogP contribution in [0.5, 0.6) is 0 Å². The van der Waals surface area contributed by atoms with Crippen molar-refractivity contribution in [1.82, 2.24) is 4.98 Å². The van der Waals surface area contributed by atoms with Gasteiger partial charge in [0.25, 0.3) is 0 Å². The molecule has 0 unspecified atom stereocenters. The van der Waals surface area contributed by atoms with Gasteiger partial charge in [0.15, 0.2) is 0 Å². The van der Waals surface area contributed by atoms with E-state index in [1.165, 1.54) is 12.4 Å². The molecule has 2 rings (SSSR count). The number of hydrogen-bond donors (Lipinski definition) is 0. The Bertz CT molecular complexity index is 505. The summed E-state index contributed by atoms with van der Waals surface area (Å²) in [6.07, 6.45) is -0.272. The molecule has 2 nitrogen and oxygen atoms in total. The molecule has 1 aromatic heterocycles. The predicted octanol–water partition coefficient (Wildman–Crippen LogP) is 2.68. The molecule has 0 saturated heterocycles. The van der Waals surface area contributed by atoms with Crippen LogP contribution in [0.4, 0.5) is 8.78 Å². The summed E-state index contributed by atoms with van der Waals surface area (Å²) in [6, 6.07) is 6.82. The van der Waals surface area contributed by atoms with E-state index in [0.29, 0.717) is 10.8 Å². The maximum absolute atomic E-state index is 12.3. The maximum atomic E-state index is 12.3. The number of benzene rings is 1. The van der Waals surface area contributed by atoms with Crippen molar-refractivity contribution in [1.29, 1.82) is 0 Å². The van der Waals surface area contributed by atoms with Crippen LogP contribution < -0.4 is 0 Å². The van der Waals surface area contributed by atoms with Crippen LogP contribution in [-0.2, 0) is 0 Å². The van der Waals surface area contributed by atoms with Crippen molar-refractivity contribution in [2.45, 2.75) is 6.43 Å². The Hall–Kier alpha value is -1.84. The van der Waals surface area contributed by atoms with Crippen LogP contribution >= 0.6 is 0 Å². The van der Waals surface area contributed by atoms with Gasteiger partial charge in [0.2, 0.25) is 5.78 Å². The number of ketones is 1. The van der Waals surface area contributed by atoms with E-state index in [1.807, 2.05) is 0 Å². The standard InChI is InChI=1S/C11H7F2NO/c12-11(13)10(15)9-6-14-5-7-3-1-2-4-8(7)9/h1-6,11H. The minimum Gasteiger partial charge on any atom is -0.288 e. The molecule has 0 fully saturated rings. The van der Waals surface area contributed by atoms with Gasteiger partial charge < -0.3 is 0 Å². The third kappa shape index (κ3) is 1.70. The SMILES string of the molecule is O=C(c1cncc2ccccc12)C(F)F. The van der Waals surface area contributed by atoms with Gasteiger partial charge in [0.05, 0.1) is 0 Å². The summed E-state index contributed by atoms with van der Waals surface area (Å²) in [4.78, 5) is 14.9. The number of carbonyl (C=O) groups excluding carboxylic acids is 1. The topological polar surface area (TPSA) is 30.0 Å². The van der Waals surface area contributed by atoms with Gasteiger partial charge in [-0.1, -0.05) is 24.3 Å². The van der Waals surface area contributed by atoms with E-state index in [1.54, 1.807) is 24.3 Å². The normalized spacial score (nSPS) is 10.9. The van der Waals surface area contributed by atoms with Crippen LogP contribution in [0.2, 0.25) is 0 Å². The van der Waals surface area contributed by atoms with Crippen molar-refractivity contribution in [3.63, 3.8) is 0 Å². The highest BCUT2D eigenvalue weighted by molar-refractivity contribution is 6.08. The molecule has 0 radical (unpaired) electrons. The Labute approximate surface area is 84.6 Å². The minimum absolute atomic E-state index is 0.0249. The zero-order valence-corrected chi connectivity index (χ0v) is 7.65. The summed E-state index contributed by atoms with van der Waals surface area (Å²) in [7, 11) is 0. The highest BCUT2D eigenvalue weighted by Gasteiger charge is 2.19. The average Bonchev–Trinajstić information content (AvgIpc) is 2.27. The third-order valence-corrected chi connectivity index (χ3v) is 2.13. The first-order valence-corrected chi connectivity index (χ1v) is 4.35. The van der Waals surface area contributed by atoms with E-state index >= 15 is 0 Å². The summed E-state index contributed by atoms with van der Waals surface area (Å²) in [5.74, 6) is -1.18. The molecular formula is C11H7F2NO. The van der Waals surface area contributed by atoms with Crippen LogP contribution in [0.3, 0.4) is 0 Å². The smallest absolute Gasteiger partial charge is 0.288 e. The first-order valence-electron chi connectivity index (χ1n) is 4.35. The van der Waals surface area contributed by atoms with Gasteiger partial charge in [-0.2, -0.15) is 0 Å². The molecule has 4 heteroatoms. The lowest BCUT2D eigenvalue weighted by molar-refractivity contribution is 0.0680. The number of hydrogen-bond acceptors (Lipinski definition) is 2. The molecule has 0 amide bonds. The number of pyridine rings is 1. The molecule has 1 heterocycles. The van der Waals surface area contributed by atoms with Crippen molar-refractivity contribution in [3.8, 4) is 0 Å². The molecule has 2 aromatic rings. The first kappa shape index (κ1) is 9.71. The predicted molar refractivity (Wildman–Crippen MR) is 52.1 cm³/mol. The number of Topliss-reactive ketones (excluding diaryl/α,β-unsaturated/α-hetero) is 1. The van der Waals surface area contributed by atoms with Crippen LogP contribution in [0.25, 0.3) is 10.8 Å². The fraction of sp³-hybridized carbons (Fsp3) is 0.0909. The van der Waals surface area contributed by atoms with E-state index in [-0.39, 0.29) is 5.56 Å². The lowest BCUT2D eigenvalue weighted by Crippen LogP contribution is -2.10. The van der Waals surface area contributed by atoms with Gasteiger partial charge in [-0.05, 0) is 5.39 Å². The Morgan fingerprint density at radius 3 is 2.67 bits per heavy atom. The fourth-order valence-electron chi connectivity index (χ4n) is 1.43. The molecule has 0 N–H and O–H groups in total. The van der Waals surface area contributed by atoms with E-state index < -0.39 is 12.2 Å². The Morgan fingerprint density at radius 1 is 1.20 bits per heavy atom. The maximum Gasteiger partial charge on any atom is 0.300 e. The van der Waals surface area contributed by atoms with Crippen molar-refractivity contribution in [3.05, 3.63) is 42.2 Å². The molecule has 1 aromatic carbocycles. The number of fused-ring (bicyclic) bond motifs is 1.